The van der Waals surface area contributed by atoms with Crippen molar-refractivity contribution in [2.45, 2.75) is 44.7 Å². The molecule has 2 amide bonds. The van der Waals surface area contributed by atoms with Crippen LogP contribution in [0.25, 0.3) is 0 Å². The number of carbonyl (C=O) groups is 2. The Morgan fingerprint density at radius 1 is 1.40 bits per heavy atom. The van der Waals surface area contributed by atoms with Crippen molar-refractivity contribution in [2.24, 2.45) is 5.92 Å². The molecule has 2 aliphatic rings. The number of carbonyl (C=O) groups excluding carboxylic acids is 2. The Morgan fingerprint density at radius 3 is 2.90 bits per heavy atom. The number of furan rings is 1. The van der Waals surface area contributed by atoms with Crippen molar-refractivity contribution in [3.8, 4) is 0 Å². The van der Waals surface area contributed by atoms with Crippen LogP contribution in [0.1, 0.15) is 37.9 Å². The molecule has 108 valence electrons. The molecule has 0 bridgehead atoms. The van der Waals surface area contributed by atoms with Gasteiger partial charge in [-0.05, 0) is 25.0 Å². The monoisotopic (exact) mass is 276 g/mol. The first kappa shape index (κ1) is 13.2. The predicted octanol–water partition coefficient (Wildman–Crippen LogP) is 1.69. The fourth-order valence-electron chi connectivity index (χ4n) is 3.21. The van der Waals surface area contributed by atoms with E-state index in [1.807, 2.05) is 11.0 Å². The summed E-state index contributed by atoms with van der Waals surface area (Å²) in [5.41, 5.74) is 0. The van der Waals surface area contributed by atoms with E-state index in [-0.39, 0.29) is 17.7 Å². The molecule has 5 heteroatoms. The highest BCUT2D eigenvalue weighted by atomic mass is 16.3. The van der Waals surface area contributed by atoms with Gasteiger partial charge in [0.05, 0.1) is 18.7 Å². The number of rotatable bonds is 4. The van der Waals surface area contributed by atoms with Crippen molar-refractivity contribution in [3.05, 3.63) is 24.2 Å². The molecule has 1 N–H and O–H groups in total. The summed E-state index contributed by atoms with van der Waals surface area (Å²) in [6.07, 6.45) is 6.51. The third-order valence-electron chi connectivity index (χ3n) is 4.31. The highest BCUT2D eigenvalue weighted by Crippen LogP contribution is 2.29. The van der Waals surface area contributed by atoms with E-state index in [0.717, 1.165) is 18.6 Å². The highest BCUT2D eigenvalue weighted by molar-refractivity contribution is 5.89. The maximum absolute atomic E-state index is 12.1. The van der Waals surface area contributed by atoms with Gasteiger partial charge in [-0.25, -0.2) is 0 Å². The van der Waals surface area contributed by atoms with Crippen LogP contribution in [0.4, 0.5) is 0 Å². The summed E-state index contributed by atoms with van der Waals surface area (Å²) in [7, 11) is 0. The van der Waals surface area contributed by atoms with Gasteiger partial charge < -0.3 is 14.6 Å². The Morgan fingerprint density at radius 2 is 2.20 bits per heavy atom. The number of amides is 2. The van der Waals surface area contributed by atoms with Crippen LogP contribution in [0.5, 0.6) is 0 Å². The van der Waals surface area contributed by atoms with Crippen molar-refractivity contribution in [1.82, 2.24) is 10.2 Å². The Hall–Kier alpha value is -1.78. The topological polar surface area (TPSA) is 62.6 Å². The molecule has 3 rings (SSSR count). The molecule has 20 heavy (non-hydrogen) atoms. The predicted molar refractivity (Wildman–Crippen MR) is 72.6 cm³/mol. The molecule has 1 aliphatic heterocycles. The van der Waals surface area contributed by atoms with Crippen LogP contribution in [-0.4, -0.2) is 29.3 Å². The van der Waals surface area contributed by atoms with Gasteiger partial charge in [-0.1, -0.05) is 12.8 Å². The lowest BCUT2D eigenvalue weighted by atomic mass is 10.1. The first-order valence-electron chi connectivity index (χ1n) is 7.33. The molecule has 1 aromatic heterocycles. The van der Waals surface area contributed by atoms with E-state index < -0.39 is 0 Å². The fourth-order valence-corrected chi connectivity index (χ4v) is 3.21. The van der Waals surface area contributed by atoms with E-state index >= 15 is 0 Å². The SMILES string of the molecule is O=C(NCc1ccco1)[C@H]1CC(=O)N(C2CCCC2)C1. The van der Waals surface area contributed by atoms with Gasteiger partial charge in [-0.15, -0.1) is 0 Å². The summed E-state index contributed by atoms with van der Waals surface area (Å²) in [4.78, 5) is 26.1. The van der Waals surface area contributed by atoms with E-state index in [4.69, 9.17) is 4.42 Å². The highest BCUT2D eigenvalue weighted by Gasteiger charge is 2.38. The first-order valence-corrected chi connectivity index (χ1v) is 7.33. The molecule has 1 atom stereocenters. The standard InChI is InChI=1S/C15H20N2O3/c18-14-8-11(10-17(14)12-4-1-2-5-12)15(19)16-9-13-6-3-7-20-13/h3,6-7,11-12H,1-2,4-5,8-10H2,(H,16,19)/t11-/m0/s1. The number of nitrogens with zero attached hydrogens (tertiary/aromatic N) is 1. The van der Waals surface area contributed by atoms with Gasteiger partial charge in [0.2, 0.25) is 11.8 Å². The van der Waals surface area contributed by atoms with E-state index in [9.17, 15) is 9.59 Å². The molecular weight excluding hydrogens is 256 g/mol. The molecule has 1 aromatic rings. The second-order valence-corrected chi connectivity index (χ2v) is 5.68. The maximum Gasteiger partial charge on any atom is 0.225 e. The van der Waals surface area contributed by atoms with E-state index in [1.165, 1.54) is 12.8 Å². The van der Waals surface area contributed by atoms with Gasteiger partial charge in [0.15, 0.2) is 0 Å². The number of likely N-dealkylation sites (tertiary alicyclic amines) is 1. The average Bonchev–Trinajstić information content (AvgIpc) is 3.17. The van der Waals surface area contributed by atoms with E-state index in [1.54, 1.807) is 12.3 Å². The summed E-state index contributed by atoms with van der Waals surface area (Å²) < 4.78 is 5.18. The van der Waals surface area contributed by atoms with Gasteiger partial charge in [-0.3, -0.25) is 9.59 Å². The van der Waals surface area contributed by atoms with Crippen LogP contribution in [-0.2, 0) is 16.1 Å². The molecule has 1 saturated carbocycles. The molecule has 1 aliphatic carbocycles. The van der Waals surface area contributed by atoms with Crippen molar-refractivity contribution in [3.63, 3.8) is 0 Å². The second-order valence-electron chi connectivity index (χ2n) is 5.68. The van der Waals surface area contributed by atoms with Crippen molar-refractivity contribution in [1.29, 1.82) is 0 Å². The summed E-state index contributed by atoms with van der Waals surface area (Å²) in [6, 6.07) is 3.98. The third-order valence-corrected chi connectivity index (χ3v) is 4.31. The van der Waals surface area contributed by atoms with Crippen LogP contribution in [0, 0.1) is 5.92 Å². The van der Waals surface area contributed by atoms with Crippen LogP contribution in [0.2, 0.25) is 0 Å². The summed E-state index contributed by atoms with van der Waals surface area (Å²) in [5.74, 6) is 0.610. The minimum absolute atomic E-state index is 0.0461. The van der Waals surface area contributed by atoms with Gasteiger partial charge in [0.25, 0.3) is 0 Å². The molecule has 0 radical (unpaired) electrons. The number of nitrogens with one attached hydrogen (secondary N) is 1. The van der Waals surface area contributed by atoms with Crippen LogP contribution in [0.15, 0.2) is 22.8 Å². The summed E-state index contributed by atoms with van der Waals surface area (Å²) in [6.45, 7) is 0.966. The molecule has 0 spiro atoms. The molecular formula is C15H20N2O3. The minimum Gasteiger partial charge on any atom is -0.467 e. The smallest absolute Gasteiger partial charge is 0.225 e. The Kier molecular flexibility index (Phi) is 3.76. The molecule has 2 fully saturated rings. The molecule has 5 nitrogen and oxygen atoms in total. The Labute approximate surface area is 118 Å². The average molecular weight is 276 g/mol. The van der Waals surface area contributed by atoms with E-state index in [2.05, 4.69) is 5.32 Å². The number of hydrogen-bond acceptors (Lipinski definition) is 3. The second kappa shape index (κ2) is 5.69. The zero-order chi connectivity index (χ0) is 13.9. The molecule has 1 saturated heterocycles. The van der Waals surface area contributed by atoms with Crippen LogP contribution >= 0.6 is 0 Å². The van der Waals surface area contributed by atoms with Gasteiger partial charge in [0.1, 0.15) is 5.76 Å². The molecule has 2 heterocycles. The molecule has 0 aromatic carbocycles. The summed E-state index contributed by atoms with van der Waals surface area (Å²) in [5, 5.41) is 2.85. The summed E-state index contributed by atoms with van der Waals surface area (Å²) >= 11 is 0. The van der Waals surface area contributed by atoms with Crippen molar-refractivity contribution in [2.75, 3.05) is 6.54 Å². The molecule has 0 unspecified atom stereocenters. The zero-order valence-electron chi connectivity index (χ0n) is 11.5. The minimum atomic E-state index is -0.210. The van der Waals surface area contributed by atoms with Crippen molar-refractivity contribution < 1.29 is 14.0 Å². The maximum atomic E-state index is 12.1. The first-order chi connectivity index (χ1) is 9.74. The van der Waals surface area contributed by atoms with Gasteiger partial charge >= 0.3 is 0 Å². The quantitative estimate of drug-likeness (QED) is 0.910. The number of hydrogen-bond donors (Lipinski definition) is 1. The largest absolute Gasteiger partial charge is 0.467 e. The Balaban J connectivity index is 1.52. The normalized spacial score (nSPS) is 23.5. The zero-order valence-corrected chi connectivity index (χ0v) is 11.5. The Bertz CT molecular complexity index is 477. The lowest BCUT2D eigenvalue weighted by molar-refractivity contribution is -0.130. The van der Waals surface area contributed by atoms with Crippen molar-refractivity contribution >= 4 is 11.8 Å². The van der Waals surface area contributed by atoms with E-state index in [0.29, 0.717) is 25.6 Å². The third kappa shape index (κ3) is 2.71. The lowest BCUT2D eigenvalue weighted by Crippen LogP contribution is -2.36. The van der Waals surface area contributed by atoms with Gasteiger partial charge in [-0.2, -0.15) is 0 Å². The van der Waals surface area contributed by atoms with Gasteiger partial charge in [0, 0.05) is 19.0 Å². The lowest BCUT2D eigenvalue weighted by Gasteiger charge is -2.23. The van der Waals surface area contributed by atoms with Crippen LogP contribution in [0.3, 0.4) is 0 Å². The fraction of sp³-hybridized carbons (Fsp3) is 0.600. The van der Waals surface area contributed by atoms with Crippen LogP contribution < -0.4 is 5.32 Å².